The third kappa shape index (κ3) is 3.69. The van der Waals surface area contributed by atoms with Gasteiger partial charge < -0.3 is 0 Å². The average Bonchev–Trinajstić information content (AvgIpc) is 2.74. The molecule has 0 N–H and O–H groups in total. The fourth-order valence-electron chi connectivity index (χ4n) is 3.40. The van der Waals surface area contributed by atoms with Gasteiger partial charge in [0, 0.05) is 29.2 Å². The lowest BCUT2D eigenvalue weighted by Gasteiger charge is -2.31. The number of rotatable bonds is 4. The third-order valence-electron chi connectivity index (χ3n) is 4.93. The molecule has 4 rings (SSSR count). The van der Waals surface area contributed by atoms with Crippen molar-refractivity contribution in [2.24, 2.45) is 4.99 Å². The van der Waals surface area contributed by atoms with Gasteiger partial charge in [0.1, 0.15) is 0 Å². The zero-order valence-electron chi connectivity index (χ0n) is 15.7. The summed E-state index contributed by atoms with van der Waals surface area (Å²) in [7, 11) is 0. The maximum absolute atomic E-state index is 13.3. The highest BCUT2D eigenvalue weighted by atomic mass is 35.5. The Labute approximate surface area is 173 Å². The summed E-state index contributed by atoms with van der Waals surface area (Å²) < 4.78 is 0. The van der Waals surface area contributed by atoms with Crippen LogP contribution in [0.4, 0.5) is 5.69 Å². The summed E-state index contributed by atoms with van der Waals surface area (Å²) in [6, 6.07) is 17.5. The minimum Gasteiger partial charge on any atom is -0.289 e. The molecule has 29 heavy (non-hydrogen) atoms. The summed E-state index contributed by atoms with van der Waals surface area (Å²) in [5, 5.41) is 0.457. The predicted molar refractivity (Wildman–Crippen MR) is 114 cm³/mol. The second-order valence-electron chi connectivity index (χ2n) is 6.78. The van der Waals surface area contributed by atoms with Gasteiger partial charge in [-0.2, -0.15) is 0 Å². The summed E-state index contributed by atoms with van der Waals surface area (Å²) in [6.07, 6.45) is 5.06. The van der Waals surface area contributed by atoms with Crippen molar-refractivity contribution in [3.05, 3.63) is 94.8 Å². The van der Waals surface area contributed by atoms with Crippen LogP contribution < -0.4 is 4.90 Å². The molecule has 0 aliphatic carbocycles. The van der Waals surface area contributed by atoms with Gasteiger partial charge in [0.05, 0.1) is 17.6 Å². The monoisotopic (exact) mass is 403 g/mol. The topological polar surface area (TPSA) is 62.6 Å². The molecule has 0 saturated carbocycles. The van der Waals surface area contributed by atoms with E-state index >= 15 is 0 Å². The smallest absolute Gasteiger partial charge is 0.265 e. The molecule has 1 aliphatic rings. The van der Waals surface area contributed by atoms with Gasteiger partial charge in [-0.25, -0.2) is 4.90 Å². The fraction of sp³-hybridized carbons (Fsp3) is 0.130. The number of halogens is 1. The number of imide groups is 1. The molecular weight excluding hydrogens is 386 g/mol. The van der Waals surface area contributed by atoms with E-state index in [-0.39, 0.29) is 17.9 Å². The maximum atomic E-state index is 13.3. The van der Waals surface area contributed by atoms with Gasteiger partial charge in [-0.15, -0.1) is 0 Å². The molecule has 0 saturated heterocycles. The van der Waals surface area contributed by atoms with E-state index in [1.54, 1.807) is 61.1 Å². The largest absolute Gasteiger partial charge is 0.289 e. The normalized spacial score (nSPS) is 17.4. The molecular formula is C23H18ClN3O2. The van der Waals surface area contributed by atoms with Crippen molar-refractivity contribution in [2.75, 3.05) is 4.90 Å². The van der Waals surface area contributed by atoms with Crippen LogP contribution in [0.2, 0.25) is 5.02 Å². The third-order valence-corrected chi connectivity index (χ3v) is 5.16. The maximum Gasteiger partial charge on any atom is 0.265 e. The summed E-state index contributed by atoms with van der Waals surface area (Å²) in [5.74, 6) is -1.37. The standard InChI is InChI=1S/C23H18ClN3O2/c1-15(16-9-11-25-12-10-16)26-14-21-19-7-2-3-8-20(19)22(28)27(23(21)29)18-6-4-5-17(24)13-18/h2-15,21H,1H3/t15-,21?/m0/s1. The van der Waals surface area contributed by atoms with Crippen LogP contribution in [0.3, 0.4) is 0 Å². The number of aromatic nitrogens is 1. The number of fused-ring (bicyclic) bond motifs is 1. The zero-order chi connectivity index (χ0) is 20.4. The fourth-order valence-corrected chi connectivity index (χ4v) is 3.59. The van der Waals surface area contributed by atoms with Crippen molar-refractivity contribution in [1.82, 2.24) is 4.98 Å². The van der Waals surface area contributed by atoms with Gasteiger partial charge in [-0.05, 0) is 54.4 Å². The van der Waals surface area contributed by atoms with Crippen molar-refractivity contribution in [1.29, 1.82) is 0 Å². The predicted octanol–water partition coefficient (Wildman–Crippen LogP) is 4.84. The Morgan fingerprint density at radius 2 is 1.83 bits per heavy atom. The van der Waals surface area contributed by atoms with Gasteiger partial charge >= 0.3 is 0 Å². The van der Waals surface area contributed by atoms with E-state index in [2.05, 4.69) is 9.98 Å². The number of anilines is 1. The van der Waals surface area contributed by atoms with E-state index in [1.165, 1.54) is 4.90 Å². The minimum absolute atomic E-state index is 0.143. The van der Waals surface area contributed by atoms with Crippen LogP contribution in [0.1, 0.15) is 40.4 Å². The van der Waals surface area contributed by atoms with Crippen LogP contribution in [0.5, 0.6) is 0 Å². The van der Waals surface area contributed by atoms with E-state index in [0.29, 0.717) is 21.8 Å². The van der Waals surface area contributed by atoms with E-state index in [9.17, 15) is 9.59 Å². The highest BCUT2D eigenvalue weighted by Crippen LogP contribution is 2.33. The highest BCUT2D eigenvalue weighted by molar-refractivity contribution is 6.32. The lowest BCUT2D eigenvalue weighted by atomic mass is 9.88. The van der Waals surface area contributed by atoms with Gasteiger partial charge in [0.25, 0.3) is 5.91 Å². The van der Waals surface area contributed by atoms with Crippen molar-refractivity contribution in [2.45, 2.75) is 18.9 Å². The molecule has 5 nitrogen and oxygen atoms in total. The van der Waals surface area contributed by atoms with Gasteiger partial charge in [0.2, 0.25) is 5.91 Å². The molecule has 0 bridgehead atoms. The molecule has 2 atom stereocenters. The number of carbonyl (C=O) groups is 2. The number of aliphatic imine (C=N–C) groups is 1. The Hall–Kier alpha value is -3.31. The van der Waals surface area contributed by atoms with Gasteiger partial charge in [-0.3, -0.25) is 19.6 Å². The molecule has 1 aromatic heterocycles. The number of amides is 2. The van der Waals surface area contributed by atoms with Crippen molar-refractivity contribution in [3.8, 4) is 0 Å². The quantitative estimate of drug-likeness (QED) is 0.462. The molecule has 2 heterocycles. The van der Waals surface area contributed by atoms with E-state index in [1.807, 2.05) is 25.1 Å². The lowest BCUT2D eigenvalue weighted by molar-refractivity contribution is -0.118. The van der Waals surface area contributed by atoms with E-state index in [4.69, 9.17) is 11.6 Å². The number of hydrogen-bond donors (Lipinski definition) is 0. The number of benzene rings is 2. The SMILES string of the molecule is C[C@H](N=CC1C(=O)N(c2cccc(Cl)c2)C(=O)c2ccccc21)c1ccncc1. The van der Waals surface area contributed by atoms with Crippen LogP contribution in [0.15, 0.2) is 78.0 Å². The second-order valence-corrected chi connectivity index (χ2v) is 7.21. The van der Waals surface area contributed by atoms with Crippen LogP contribution in [0.25, 0.3) is 0 Å². The molecule has 3 aromatic rings. The van der Waals surface area contributed by atoms with Crippen molar-refractivity contribution < 1.29 is 9.59 Å². The number of carbonyl (C=O) groups excluding carboxylic acids is 2. The molecule has 144 valence electrons. The molecule has 2 amide bonds. The summed E-state index contributed by atoms with van der Waals surface area (Å²) in [4.78, 5) is 36.2. The molecule has 2 aromatic carbocycles. The first-order valence-corrected chi connectivity index (χ1v) is 9.60. The number of hydrogen-bond acceptors (Lipinski definition) is 4. The summed E-state index contributed by atoms with van der Waals surface area (Å²) >= 11 is 6.09. The van der Waals surface area contributed by atoms with E-state index in [0.717, 1.165) is 5.56 Å². The number of nitrogens with zero attached hydrogens (tertiary/aromatic N) is 3. The zero-order valence-corrected chi connectivity index (χ0v) is 16.5. The lowest BCUT2D eigenvalue weighted by Crippen LogP contribution is -2.45. The molecule has 0 spiro atoms. The molecule has 0 fully saturated rings. The van der Waals surface area contributed by atoms with Gasteiger partial charge in [0.15, 0.2) is 0 Å². The Morgan fingerprint density at radius 1 is 1.07 bits per heavy atom. The van der Waals surface area contributed by atoms with Gasteiger partial charge in [-0.1, -0.05) is 35.9 Å². The Balaban J connectivity index is 1.74. The van der Waals surface area contributed by atoms with Crippen LogP contribution in [0, 0.1) is 0 Å². The first-order chi connectivity index (χ1) is 14.1. The van der Waals surface area contributed by atoms with Crippen molar-refractivity contribution >= 4 is 35.3 Å². The van der Waals surface area contributed by atoms with Crippen LogP contribution in [-0.2, 0) is 4.79 Å². The first-order valence-electron chi connectivity index (χ1n) is 9.22. The summed E-state index contributed by atoms with van der Waals surface area (Å²) in [5.41, 5.74) is 2.59. The summed E-state index contributed by atoms with van der Waals surface area (Å²) in [6.45, 7) is 1.95. The minimum atomic E-state index is -0.660. The highest BCUT2D eigenvalue weighted by Gasteiger charge is 2.38. The molecule has 1 aliphatic heterocycles. The van der Waals surface area contributed by atoms with Crippen LogP contribution in [-0.4, -0.2) is 23.0 Å². The second kappa shape index (κ2) is 7.97. The number of pyridine rings is 1. The Morgan fingerprint density at radius 3 is 2.59 bits per heavy atom. The van der Waals surface area contributed by atoms with Crippen molar-refractivity contribution in [3.63, 3.8) is 0 Å². The Kier molecular flexibility index (Phi) is 5.23. The molecule has 6 heteroatoms. The first kappa shape index (κ1) is 19.0. The molecule has 1 unspecified atom stereocenters. The Bertz CT molecular complexity index is 1100. The average molecular weight is 404 g/mol. The van der Waals surface area contributed by atoms with Crippen LogP contribution >= 0.6 is 11.6 Å². The van der Waals surface area contributed by atoms with E-state index < -0.39 is 5.92 Å². The molecule has 0 radical (unpaired) electrons.